The number of hydrogen-bond acceptors (Lipinski definition) is 3. The molecule has 0 aliphatic heterocycles. The van der Waals surface area contributed by atoms with Gasteiger partial charge < -0.3 is 15.2 Å². The van der Waals surface area contributed by atoms with Crippen molar-refractivity contribution >= 4 is 5.91 Å². The molecule has 1 amide bonds. The van der Waals surface area contributed by atoms with Crippen LogP contribution in [0, 0.1) is 13.8 Å². The summed E-state index contributed by atoms with van der Waals surface area (Å²) in [6.07, 6.45) is -0.755. The first kappa shape index (κ1) is 16.0. The van der Waals surface area contributed by atoms with Gasteiger partial charge in [-0.05, 0) is 43.7 Å². The first-order valence-corrected chi connectivity index (χ1v) is 7.27. The quantitative estimate of drug-likeness (QED) is 0.861. The average Bonchev–Trinajstić information content (AvgIpc) is 2.50. The molecule has 0 unspecified atom stereocenters. The summed E-state index contributed by atoms with van der Waals surface area (Å²) in [5.41, 5.74) is 2.71. The van der Waals surface area contributed by atoms with Gasteiger partial charge in [0.2, 0.25) is 0 Å². The molecule has 1 atom stereocenters. The number of rotatable bonds is 6. The molecule has 0 spiro atoms. The lowest BCUT2D eigenvalue weighted by Crippen LogP contribution is -2.35. The van der Waals surface area contributed by atoms with E-state index in [1.807, 2.05) is 56.3 Å². The van der Waals surface area contributed by atoms with E-state index in [2.05, 4.69) is 5.32 Å². The number of hydrogen-bond donors (Lipinski definition) is 2. The van der Waals surface area contributed by atoms with Crippen LogP contribution in [0.1, 0.15) is 21.5 Å². The van der Waals surface area contributed by atoms with Gasteiger partial charge in [-0.1, -0.05) is 29.8 Å². The van der Waals surface area contributed by atoms with Gasteiger partial charge in [-0.2, -0.15) is 0 Å². The normalized spacial score (nSPS) is 11.8. The van der Waals surface area contributed by atoms with Crippen molar-refractivity contribution in [1.82, 2.24) is 5.32 Å². The minimum atomic E-state index is -0.755. The van der Waals surface area contributed by atoms with Crippen molar-refractivity contribution in [2.75, 3.05) is 13.2 Å². The Kier molecular flexibility index (Phi) is 5.55. The Morgan fingerprint density at radius 2 is 1.82 bits per heavy atom. The molecule has 0 heterocycles. The van der Waals surface area contributed by atoms with E-state index < -0.39 is 6.10 Å². The molecule has 0 radical (unpaired) electrons. The number of ether oxygens (including phenoxy) is 1. The second kappa shape index (κ2) is 7.61. The third-order valence-corrected chi connectivity index (χ3v) is 3.21. The Hall–Kier alpha value is -2.33. The molecule has 0 aromatic heterocycles. The van der Waals surface area contributed by atoms with Gasteiger partial charge in [0.25, 0.3) is 5.91 Å². The van der Waals surface area contributed by atoms with Crippen LogP contribution >= 0.6 is 0 Å². The molecule has 2 aromatic carbocycles. The van der Waals surface area contributed by atoms with Crippen molar-refractivity contribution < 1.29 is 14.6 Å². The molecule has 2 aromatic rings. The highest BCUT2D eigenvalue weighted by Crippen LogP contribution is 2.12. The van der Waals surface area contributed by atoms with E-state index in [0.29, 0.717) is 11.3 Å². The molecule has 0 saturated heterocycles. The Morgan fingerprint density at radius 1 is 1.14 bits per heavy atom. The maximum absolute atomic E-state index is 12.0. The molecule has 2 N–H and O–H groups in total. The molecular weight excluding hydrogens is 278 g/mol. The first-order chi connectivity index (χ1) is 10.5. The number of benzene rings is 2. The van der Waals surface area contributed by atoms with E-state index in [1.54, 1.807) is 6.07 Å². The van der Waals surface area contributed by atoms with Crippen molar-refractivity contribution in [2.24, 2.45) is 0 Å². The van der Waals surface area contributed by atoms with Crippen molar-refractivity contribution in [3.63, 3.8) is 0 Å². The lowest BCUT2D eigenvalue weighted by Gasteiger charge is -2.13. The summed E-state index contributed by atoms with van der Waals surface area (Å²) in [6.45, 7) is 4.20. The van der Waals surface area contributed by atoms with Crippen molar-refractivity contribution in [3.8, 4) is 5.75 Å². The summed E-state index contributed by atoms with van der Waals surface area (Å²) in [5.74, 6) is 0.516. The molecular formula is C18H21NO3. The van der Waals surface area contributed by atoms with Gasteiger partial charge in [0.1, 0.15) is 18.5 Å². The van der Waals surface area contributed by atoms with Crippen molar-refractivity contribution in [1.29, 1.82) is 0 Å². The Labute approximate surface area is 130 Å². The van der Waals surface area contributed by atoms with E-state index in [0.717, 1.165) is 11.1 Å². The third kappa shape index (κ3) is 4.90. The Balaban J connectivity index is 1.78. The molecule has 22 heavy (non-hydrogen) atoms. The first-order valence-electron chi connectivity index (χ1n) is 7.27. The summed E-state index contributed by atoms with van der Waals surface area (Å²) >= 11 is 0. The van der Waals surface area contributed by atoms with Crippen LogP contribution in [0.5, 0.6) is 5.75 Å². The summed E-state index contributed by atoms with van der Waals surface area (Å²) in [4.78, 5) is 12.0. The molecule has 0 bridgehead atoms. The monoisotopic (exact) mass is 299 g/mol. The molecule has 0 fully saturated rings. The fraction of sp³-hybridized carbons (Fsp3) is 0.278. The molecule has 116 valence electrons. The van der Waals surface area contributed by atoms with Crippen LogP contribution in [0.15, 0.2) is 48.5 Å². The molecule has 4 heteroatoms. The van der Waals surface area contributed by atoms with Crippen LogP contribution in [0.3, 0.4) is 0 Å². The van der Waals surface area contributed by atoms with Crippen LogP contribution in [0.4, 0.5) is 0 Å². The Bertz CT molecular complexity index is 640. The average molecular weight is 299 g/mol. The molecule has 4 nitrogen and oxygen atoms in total. The number of aliphatic hydroxyl groups is 1. The van der Waals surface area contributed by atoms with Gasteiger partial charge in [0.15, 0.2) is 0 Å². The van der Waals surface area contributed by atoms with E-state index in [1.165, 1.54) is 0 Å². The predicted octanol–water partition coefficient (Wildman–Crippen LogP) is 2.47. The van der Waals surface area contributed by atoms with Crippen LogP contribution in [0.25, 0.3) is 0 Å². The largest absolute Gasteiger partial charge is 0.491 e. The van der Waals surface area contributed by atoms with Gasteiger partial charge in [0, 0.05) is 12.1 Å². The lowest BCUT2D eigenvalue weighted by atomic mass is 10.1. The van der Waals surface area contributed by atoms with Gasteiger partial charge in [-0.25, -0.2) is 0 Å². The van der Waals surface area contributed by atoms with Crippen molar-refractivity contribution in [3.05, 3.63) is 65.2 Å². The van der Waals surface area contributed by atoms with E-state index in [9.17, 15) is 9.90 Å². The zero-order valence-electron chi connectivity index (χ0n) is 12.9. The standard InChI is InChI=1S/C18H21NO3/c1-13-5-3-7-15(9-13)18(21)19-11-16(20)12-22-17-8-4-6-14(2)10-17/h3-10,16,20H,11-12H2,1-2H3,(H,19,21)/t16-/m0/s1. The fourth-order valence-electron chi connectivity index (χ4n) is 2.06. The summed E-state index contributed by atoms with van der Waals surface area (Å²) in [5, 5.41) is 12.6. The highest BCUT2D eigenvalue weighted by Gasteiger charge is 2.10. The molecule has 0 aliphatic rings. The summed E-state index contributed by atoms with van der Waals surface area (Å²) < 4.78 is 5.50. The van der Waals surface area contributed by atoms with Crippen LogP contribution in [-0.2, 0) is 0 Å². The Morgan fingerprint density at radius 3 is 2.50 bits per heavy atom. The topological polar surface area (TPSA) is 58.6 Å². The van der Waals surface area contributed by atoms with Gasteiger partial charge in [0.05, 0.1) is 0 Å². The predicted molar refractivity (Wildman–Crippen MR) is 86.2 cm³/mol. The second-order valence-corrected chi connectivity index (χ2v) is 5.36. The number of carbonyl (C=O) groups is 1. The van der Waals surface area contributed by atoms with Crippen molar-refractivity contribution in [2.45, 2.75) is 20.0 Å². The van der Waals surface area contributed by atoms with Crippen LogP contribution in [0.2, 0.25) is 0 Å². The van der Waals surface area contributed by atoms with E-state index in [-0.39, 0.29) is 19.1 Å². The summed E-state index contributed by atoms with van der Waals surface area (Å²) in [6, 6.07) is 14.9. The maximum atomic E-state index is 12.0. The molecule has 0 saturated carbocycles. The van der Waals surface area contributed by atoms with Crippen LogP contribution in [-0.4, -0.2) is 30.3 Å². The fourth-order valence-corrected chi connectivity index (χ4v) is 2.06. The number of aliphatic hydroxyl groups excluding tert-OH is 1. The third-order valence-electron chi connectivity index (χ3n) is 3.21. The van der Waals surface area contributed by atoms with Gasteiger partial charge >= 0.3 is 0 Å². The number of nitrogens with one attached hydrogen (secondary N) is 1. The number of aryl methyl sites for hydroxylation is 2. The van der Waals surface area contributed by atoms with Crippen LogP contribution < -0.4 is 10.1 Å². The summed E-state index contributed by atoms with van der Waals surface area (Å²) in [7, 11) is 0. The minimum absolute atomic E-state index is 0.136. The highest BCUT2D eigenvalue weighted by atomic mass is 16.5. The minimum Gasteiger partial charge on any atom is -0.491 e. The number of amides is 1. The smallest absolute Gasteiger partial charge is 0.251 e. The van der Waals surface area contributed by atoms with E-state index in [4.69, 9.17) is 4.74 Å². The lowest BCUT2D eigenvalue weighted by molar-refractivity contribution is 0.0843. The second-order valence-electron chi connectivity index (χ2n) is 5.36. The SMILES string of the molecule is Cc1cccc(OC[C@@H](O)CNC(=O)c2cccc(C)c2)c1. The molecule has 0 aliphatic carbocycles. The zero-order chi connectivity index (χ0) is 15.9. The zero-order valence-corrected chi connectivity index (χ0v) is 12.9. The highest BCUT2D eigenvalue weighted by molar-refractivity contribution is 5.94. The number of carbonyl (C=O) groups excluding carboxylic acids is 1. The maximum Gasteiger partial charge on any atom is 0.251 e. The van der Waals surface area contributed by atoms with E-state index >= 15 is 0 Å². The molecule has 2 rings (SSSR count). The van der Waals surface area contributed by atoms with Gasteiger partial charge in [-0.3, -0.25) is 4.79 Å². The van der Waals surface area contributed by atoms with Gasteiger partial charge in [-0.15, -0.1) is 0 Å².